The van der Waals surface area contributed by atoms with E-state index in [-0.39, 0.29) is 0 Å². The van der Waals surface area contributed by atoms with Gasteiger partial charge in [-0.2, -0.15) is 10.5 Å². The molecule has 0 aliphatic heterocycles. The second-order valence-corrected chi connectivity index (χ2v) is 9.63. The van der Waals surface area contributed by atoms with Crippen molar-refractivity contribution in [3.8, 4) is 12.1 Å². The number of hydrogen-bond acceptors (Lipinski definition) is 2. The molecule has 7 aromatic carbocycles. The van der Waals surface area contributed by atoms with E-state index in [0.29, 0.717) is 11.1 Å². The summed E-state index contributed by atoms with van der Waals surface area (Å²) in [6, 6.07) is 49.5. The molecular weight excluding hydrogens is 484 g/mol. The largest absolute Gasteiger partial charge is 0.192 e. The highest BCUT2D eigenvalue weighted by Gasteiger charge is 2.05. The molecule has 0 atom stereocenters. The number of nitriles is 2. The van der Waals surface area contributed by atoms with E-state index in [1.54, 1.807) is 0 Å². The molecule has 7 rings (SSSR count). The first-order valence-corrected chi connectivity index (χ1v) is 13.1. The predicted molar refractivity (Wildman–Crippen MR) is 168 cm³/mol. The Morgan fingerprint density at radius 2 is 0.950 bits per heavy atom. The van der Waals surface area contributed by atoms with E-state index in [1.807, 2.05) is 42.5 Å². The lowest BCUT2D eigenvalue weighted by Gasteiger charge is -2.07. The van der Waals surface area contributed by atoms with Gasteiger partial charge in [-0.1, -0.05) is 121 Å². The van der Waals surface area contributed by atoms with Crippen molar-refractivity contribution in [2.45, 2.75) is 0 Å². The third-order valence-corrected chi connectivity index (χ3v) is 7.19. The van der Waals surface area contributed by atoms with Crippen LogP contribution in [0.15, 0.2) is 133 Å². The van der Waals surface area contributed by atoms with Gasteiger partial charge in [0.15, 0.2) is 0 Å². The first-order valence-electron chi connectivity index (χ1n) is 13.1. The quantitative estimate of drug-likeness (QED) is 0.172. The van der Waals surface area contributed by atoms with E-state index >= 15 is 0 Å². The molecule has 0 unspecified atom stereocenters. The van der Waals surface area contributed by atoms with Crippen LogP contribution in [0.1, 0.15) is 22.3 Å². The Morgan fingerprint density at radius 1 is 0.400 bits per heavy atom. The van der Waals surface area contributed by atoms with Crippen LogP contribution >= 0.6 is 0 Å². The van der Waals surface area contributed by atoms with E-state index in [9.17, 15) is 0 Å². The monoisotopic (exact) mass is 508 g/mol. The van der Waals surface area contributed by atoms with Gasteiger partial charge in [0.05, 0.1) is 23.3 Å². The molecule has 186 valence electrons. The SMILES string of the molecule is N#Cc1ccc(C=Cc2cccc3ccccc23)cc1.N#Cc1ccc2ccc3c4ccccc4ccc3c2c1. The zero-order valence-corrected chi connectivity index (χ0v) is 21.8. The summed E-state index contributed by atoms with van der Waals surface area (Å²) in [5.41, 5.74) is 3.69. The number of benzene rings is 7. The Morgan fingerprint density at radius 3 is 1.68 bits per heavy atom. The maximum absolute atomic E-state index is 9.09. The number of nitrogens with zero attached hydrogens (tertiary/aromatic N) is 2. The van der Waals surface area contributed by atoms with Gasteiger partial charge in [0.1, 0.15) is 0 Å². The Bertz CT molecular complexity index is 2120. The van der Waals surface area contributed by atoms with Gasteiger partial charge in [-0.15, -0.1) is 0 Å². The van der Waals surface area contributed by atoms with Crippen molar-refractivity contribution in [2.75, 3.05) is 0 Å². The lowest BCUT2D eigenvalue weighted by atomic mass is 9.96. The molecule has 0 aliphatic carbocycles. The average molecular weight is 509 g/mol. The lowest BCUT2D eigenvalue weighted by Crippen LogP contribution is -1.82. The smallest absolute Gasteiger partial charge is 0.0991 e. The third-order valence-electron chi connectivity index (χ3n) is 7.19. The fourth-order valence-corrected chi connectivity index (χ4v) is 5.14. The molecule has 0 aromatic heterocycles. The van der Waals surface area contributed by atoms with Gasteiger partial charge in [-0.3, -0.25) is 0 Å². The molecule has 0 saturated heterocycles. The highest BCUT2D eigenvalue weighted by atomic mass is 14.2. The van der Waals surface area contributed by atoms with Crippen molar-refractivity contribution in [3.63, 3.8) is 0 Å². The predicted octanol–water partition coefficient (Wildman–Crippen LogP) is 9.90. The van der Waals surface area contributed by atoms with Crippen LogP contribution in [-0.4, -0.2) is 0 Å². The van der Waals surface area contributed by atoms with Crippen LogP contribution in [0.5, 0.6) is 0 Å². The molecule has 0 aliphatic rings. The molecule has 0 amide bonds. The van der Waals surface area contributed by atoms with E-state index in [4.69, 9.17) is 10.5 Å². The van der Waals surface area contributed by atoms with Crippen LogP contribution in [0.3, 0.4) is 0 Å². The van der Waals surface area contributed by atoms with Gasteiger partial charge in [0.25, 0.3) is 0 Å². The van der Waals surface area contributed by atoms with Crippen LogP contribution in [0.2, 0.25) is 0 Å². The highest BCUT2D eigenvalue weighted by Crippen LogP contribution is 2.31. The van der Waals surface area contributed by atoms with Gasteiger partial charge in [0.2, 0.25) is 0 Å². The zero-order chi connectivity index (χ0) is 27.3. The Kier molecular flexibility index (Phi) is 6.75. The molecule has 0 spiro atoms. The van der Waals surface area contributed by atoms with Gasteiger partial charge in [-0.25, -0.2) is 0 Å². The van der Waals surface area contributed by atoms with Crippen LogP contribution in [0.25, 0.3) is 55.2 Å². The summed E-state index contributed by atoms with van der Waals surface area (Å²) in [6.07, 6.45) is 4.19. The summed E-state index contributed by atoms with van der Waals surface area (Å²) >= 11 is 0. The fraction of sp³-hybridized carbons (Fsp3) is 0. The minimum atomic E-state index is 0.687. The van der Waals surface area contributed by atoms with Gasteiger partial charge in [-0.05, 0) is 78.5 Å². The van der Waals surface area contributed by atoms with Crippen LogP contribution < -0.4 is 0 Å². The summed E-state index contributed by atoms with van der Waals surface area (Å²) in [5, 5.41) is 27.6. The topological polar surface area (TPSA) is 47.6 Å². The Hall–Kier alpha value is -5.70. The van der Waals surface area contributed by atoms with Gasteiger partial charge >= 0.3 is 0 Å². The van der Waals surface area contributed by atoms with Crippen LogP contribution in [0, 0.1) is 22.7 Å². The Labute approximate surface area is 233 Å². The first kappa shape index (κ1) is 24.6. The molecule has 0 radical (unpaired) electrons. The van der Waals surface area contributed by atoms with Crippen molar-refractivity contribution < 1.29 is 0 Å². The lowest BCUT2D eigenvalue weighted by molar-refractivity contribution is 1.48. The second-order valence-electron chi connectivity index (χ2n) is 9.63. The summed E-state index contributed by atoms with van der Waals surface area (Å²) in [4.78, 5) is 0. The first-order chi connectivity index (χ1) is 19.7. The number of fused-ring (bicyclic) bond motifs is 6. The van der Waals surface area contributed by atoms with Crippen molar-refractivity contribution in [3.05, 3.63) is 156 Å². The second kappa shape index (κ2) is 11.0. The van der Waals surface area contributed by atoms with E-state index in [1.165, 1.54) is 43.3 Å². The maximum atomic E-state index is 9.09. The molecular formula is C38H24N2. The number of hydrogen-bond donors (Lipinski definition) is 0. The molecule has 0 bridgehead atoms. The molecule has 7 aromatic rings. The van der Waals surface area contributed by atoms with Gasteiger partial charge < -0.3 is 0 Å². The van der Waals surface area contributed by atoms with Crippen molar-refractivity contribution in [1.82, 2.24) is 0 Å². The van der Waals surface area contributed by atoms with Crippen molar-refractivity contribution in [1.29, 1.82) is 10.5 Å². The minimum absolute atomic E-state index is 0.687. The van der Waals surface area contributed by atoms with Crippen LogP contribution in [-0.2, 0) is 0 Å². The molecule has 2 nitrogen and oxygen atoms in total. The summed E-state index contributed by atoms with van der Waals surface area (Å²) < 4.78 is 0. The molecule has 0 heterocycles. The fourth-order valence-electron chi connectivity index (χ4n) is 5.14. The van der Waals surface area contributed by atoms with E-state index < -0.39 is 0 Å². The standard InChI is InChI=1S/C19H11N.C19H13N/c20-12-13-5-6-15-8-9-17-16-4-2-1-3-14(16)7-10-18(17)19(15)11-13;20-14-16-10-8-15(9-11-16)12-13-18-6-3-5-17-4-1-2-7-19(17)18/h1-11H;1-13H. The average Bonchev–Trinajstić information content (AvgIpc) is 3.03. The van der Waals surface area contributed by atoms with Gasteiger partial charge in [0, 0.05) is 0 Å². The maximum Gasteiger partial charge on any atom is 0.0991 e. The van der Waals surface area contributed by atoms with E-state index in [0.717, 1.165) is 10.9 Å². The third kappa shape index (κ3) is 4.91. The normalized spacial score (nSPS) is 10.8. The molecule has 0 N–H and O–H groups in total. The number of rotatable bonds is 2. The molecule has 0 saturated carbocycles. The summed E-state index contributed by atoms with van der Waals surface area (Å²) in [6.45, 7) is 0. The Balaban J connectivity index is 0.000000145. The zero-order valence-electron chi connectivity index (χ0n) is 21.8. The minimum Gasteiger partial charge on any atom is -0.192 e. The van der Waals surface area contributed by atoms with Crippen molar-refractivity contribution in [2.24, 2.45) is 0 Å². The highest BCUT2D eigenvalue weighted by molar-refractivity contribution is 6.17. The molecule has 2 heteroatoms. The summed E-state index contributed by atoms with van der Waals surface area (Å²) in [7, 11) is 0. The van der Waals surface area contributed by atoms with E-state index in [2.05, 4.69) is 115 Å². The molecule has 40 heavy (non-hydrogen) atoms. The summed E-state index contributed by atoms with van der Waals surface area (Å²) in [5.74, 6) is 0. The van der Waals surface area contributed by atoms with Crippen molar-refractivity contribution >= 4 is 55.2 Å². The molecule has 0 fully saturated rings. The van der Waals surface area contributed by atoms with Crippen LogP contribution in [0.4, 0.5) is 0 Å².